The monoisotopic (exact) mass is 336 g/mol. The van der Waals surface area contributed by atoms with Crippen LogP contribution in [-0.2, 0) is 0 Å². The van der Waals surface area contributed by atoms with Crippen LogP contribution < -0.4 is 4.90 Å². The van der Waals surface area contributed by atoms with Crippen LogP contribution in [0.5, 0.6) is 0 Å². The Bertz CT molecular complexity index is 974. The second kappa shape index (κ2) is 5.90. The number of aromatic nitrogens is 5. The number of carbonyl (C=O) groups is 1. The minimum atomic E-state index is -0.0645. The molecule has 0 aliphatic carbocycles. The molecule has 1 N–H and O–H groups in total. The lowest BCUT2D eigenvalue weighted by molar-refractivity contribution is 0.0746. The van der Waals surface area contributed by atoms with Crippen molar-refractivity contribution in [3.8, 4) is 6.07 Å². The molecule has 3 aromatic rings. The molecular formula is C16H16N8O. The minimum absolute atomic E-state index is 0.0645. The van der Waals surface area contributed by atoms with Crippen LogP contribution in [0.4, 0.5) is 5.82 Å². The normalized spacial score (nSPS) is 14.7. The number of amides is 1. The van der Waals surface area contributed by atoms with E-state index in [1.807, 2.05) is 13.0 Å². The highest BCUT2D eigenvalue weighted by Gasteiger charge is 2.24. The van der Waals surface area contributed by atoms with Crippen LogP contribution in [0.1, 0.15) is 21.9 Å². The van der Waals surface area contributed by atoms with E-state index in [0.29, 0.717) is 48.9 Å². The maximum Gasteiger partial charge on any atom is 0.255 e. The molecule has 9 nitrogen and oxygen atoms in total. The van der Waals surface area contributed by atoms with Crippen molar-refractivity contribution in [1.82, 2.24) is 29.5 Å². The smallest absolute Gasteiger partial charge is 0.255 e. The van der Waals surface area contributed by atoms with Gasteiger partial charge >= 0.3 is 0 Å². The average molecular weight is 336 g/mol. The minimum Gasteiger partial charge on any atom is -0.352 e. The van der Waals surface area contributed by atoms with E-state index < -0.39 is 0 Å². The van der Waals surface area contributed by atoms with Crippen LogP contribution in [0.3, 0.4) is 0 Å². The van der Waals surface area contributed by atoms with Crippen LogP contribution in [0.25, 0.3) is 5.65 Å². The van der Waals surface area contributed by atoms with Crippen LogP contribution in [0, 0.1) is 18.3 Å². The fourth-order valence-electron chi connectivity index (χ4n) is 3.03. The van der Waals surface area contributed by atoms with Gasteiger partial charge in [-0.3, -0.25) is 9.78 Å². The van der Waals surface area contributed by atoms with Crippen molar-refractivity contribution in [2.24, 2.45) is 0 Å². The molecule has 1 aliphatic rings. The van der Waals surface area contributed by atoms with Gasteiger partial charge in [0, 0.05) is 32.4 Å². The number of rotatable bonds is 2. The number of aryl methyl sites for hydroxylation is 1. The maximum absolute atomic E-state index is 12.5. The largest absolute Gasteiger partial charge is 0.352 e. The van der Waals surface area contributed by atoms with E-state index in [9.17, 15) is 4.79 Å². The third-order valence-corrected chi connectivity index (χ3v) is 4.28. The molecule has 9 heteroatoms. The summed E-state index contributed by atoms with van der Waals surface area (Å²) in [5, 5.41) is 13.3. The highest BCUT2D eigenvalue weighted by Crippen LogP contribution is 2.17. The number of fused-ring (bicyclic) bond motifs is 1. The van der Waals surface area contributed by atoms with Crippen molar-refractivity contribution >= 4 is 17.4 Å². The van der Waals surface area contributed by atoms with Gasteiger partial charge in [-0.15, -0.1) is 5.10 Å². The van der Waals surface area contributed by atoms with Gasteiger partial charge in [-0.05, 0) is 13.0 Å². The molecule has 0 unspecified atom stereocenters. The second-order valence-corrected chi connectivity index (χ2v) is 5.89. The molecule has 25 heavy (non-hydrogen) atoms. The van der Waals surface area contributed by atoms with Crippen molar-refractivity contribution < 1.29 is 4.79 Å². The van der Waals surface area contributed by atoms with E-state index in [4.69, 9.17) is 5.26 Å². The standard InChI is InChI=1S/C16H16N8O/c1-11-20-14-9-18-10-15(24(14)21-11)22-2-4-23(5-3-22)16(25)12-6-13(7-17)19-8-12/h6,8-10,19H,2-5H2,1H3. The predicted octanol–water partition coefficient (Wildman–Crippen LogP) is 0.595. The number of nitriles is 1. The molecule has 1 aliphatic heterocycles. The highest BCUT2D eigenvalue weighted by molar-refractivity contribution is 5.94. The van der Waals surface area contributed by atoms with Crippen LogP contribution in [0.2, 0.25) is 0 Å². The topological polar surface area (TPSA) is 106 Å². The Labute approximate surface area is 143 Å². The van der Waals surface area contributed by atoms with Crippen LogP contribution in [-0.4, -0.2) is 61.6 Å². The zero-order valence-corrected chi connectivity index (χ0v) is 13.7. The molecule has 3 aromatic heterocycles. The van der Waals surface area contributed by atoms with Gasteiger partial charge in [-0.1, -0.05) is 0 Å². The lowest BCUT2D eigenvalue weighted by Crippen LogP contribution is -2.49. The first-order valence-corrected chi connectivity index (χ1v) is 7.96. The first-order valence-electron chi connectivity index (χ1n) is 7.96. The summed E-state index contributed by atoms with van der Waals surface area (Å²) in [5.74, 6) is 1.51. The summed E-state index contributed by atoms with van der Waals surface area (Å²) >= 11 is 0. The van der Waals surface area contributed by atoms with Crippen molar-refractivity contribution in [3.63, 3.8) is 0 Å². The molecule has 1 amide bonds. The predicted molar refractivity (Wildman–Crippen MR) is 89.1 cm³/mol. The maximum atomic E-state index is 12.5. The van der Waals surface area contributed by atoms with Crippen molar-refractivity contribution in [3.05, 3.63) is 41.7 Å². The Balaban J connectivity index is 1.49. The molecule has 0 radical (unpaired) electrons. The first kappa shape index (κ1) is 15.1. The second-order valence-electron chi connectivity index (χ2n) is 5.89. The number of hydrogen-bond acceptors (Lipinski definition) is 6. The number of nitrogens with one attached hydrogen (secondary N) is 1. The zero-order chi connectivity index (χ0) is 17.4. The quantitative estimate of drug-likeness (QED) is 0.734. The number of hydrogen-bond donors (Lipinski definition) is 1. The summed E-state index contributed by atoms with van der Waals surface area (Å²) in [6, 6.07) is 3.58. The van der Waals surface area contributed by atoms with E-state index >= 15 is 0 Å². The fourth-order valence-corrected chi connectivity index (χ4v) is 3.03. The Morgan fingerprint density at radius 3 is 2.80 bits per heavy atom. The van der Waals surface area contributed by atoms with E-state index in [-0.39, 0.29) is 5.91 Å². The van der Waals surface area contributed by atoms with Crippen LogP contribution >= 0.6 is 0 Å². The molecule has 0 spiro atoms. The molecule has 126 valence electrons. The van der Waals surface area contributed by atoms with Gasteiger partial charge < -0.3 is 14.8 Å². The van der Waals surface area contributed by atoms with E-state index in [1.54, 1.807) is 34.1 Å². The summed E-state index contributed by atoms with van der Waals surface area (Å²) in [5.41, 5.74) is 1.62. The van der Waals surface area contributed by atoms with E-state index in [1.165, 1.54) is 0 Å². The van der Waals surface area contributed by atoms with Gasteiger partial charge in [-0.2, -0.15) is 9.78 Å². The van der Waals surface area contributed by atoms with Crippen molar-refractivity contribution in [2.45, 2.75) is 6.92 Å². The Morgan fingerprint density at radius 1 is 1.28 bits per heavy atom. The zero-order valence-electron chi connectivity index (χ0n) is 13.7. The molecule has 0 aromatic carbocycles. The number of H-pyrrole nitrogens is 1. The number of nitrogens with zero attached hydrogens (tertiary/aromatic N) is 7. The Hall–Kier alpha value is -3.41. The highest BCUT2D eigenvalue weighted by atomic mass is 16.2. The summed E-state index contributed by atoms with van der Waals surface area (Å²) in [6.07, 6.45) is 5.03. The summed E-state index contributed by atoms with van der Waals surface area (Å²) in [4.78, 5) is 27.8. The van der Waals surface area contributed by atoms with Gasteiger partial charge in [0.25, 0.3) is 5.91 Å². The van der Waals surface area contributed by atoms with Crippen LogP contribution in [0.15, 0.2) is 24.7 Å². The summed E-state index contributed by atoms with van der Waals surface area (Å²) in [7, 11) is 0. The van der Waals surface area contributed by atoms with Gasteiger partial charge in [0.1, 0.15) is 17.6 Å². The number of aromatic amines is 1. The third-order valence-electron chi connectivity index (χ3n) is 4.28. The molecule has 4 rings (SSSR count). The third kappa shape index (κ3) is 2.67. The average Bonchev–Trinajstić information content (AvgIpc) is 3.26. The van der Waals surface area contributed by atoms with Gasteiger partial charge in [0.15, 0.2) is 11.5 Å². The molecule has 4 heterocycles. The van der Waals surface area contributed by atoms with Gasteiger partial charge in [0.05, 0.1) is 18.0 Å². The lowest BCUT2D eigenvalue weighted by atomic mass is 10.2. The fraction of sp³-hybridized carbons (Fsp3) is 0.312. The molecular weight excluding hydrogens is 320 g/mol. The number of anilines is 1. The van der Waals surface area contributed by atoms with Crippen molar-refractivity contribution in [1.29, 1.82) is 5.26 Å². The Kier molecular flexibility index (Phi) is 3.57. The summed E-state index contributed by atoms with van der Waals surface area (Å²) < 4.78 is 1.78. The number of piperazine rings is 1. The lowest BCUT2D eigenvalue weighted by Gasteiger charge is -2.35. The molecule has 0 bridgehead atoms. The number of carbonyl (C=O) groups excluding carboxylic acids is 1. The Morgan fingerprint density at radius 2 is 2.08 bits per heavy atom. The first-order chi connectivity index (χ1) is 12.2. The van der Waals surface area contributed by atoms with E-state index in [0.717, 1.165) is 5.82 Å². The van der Waals surface area contributed by atoms with Gasteiger partial charge in [0.2, 0.25) is 0 Å². The van der Waals surface area contributed by atoms with Crippen molar-refractivity contribution in [2.75, 3.05) is 31.1 Å². The molecule has 0 atom stereocenters. The van der Waals surface area contributed by atoms with E-state index in [2.05, 4.69) is 25.0 Å². The molecule has 0 saturated carbocycles. The molecule has 1 fully saturated rings. The van der Waals surface area contributed by atoms with Gasteiger partial charge in [-0.25, -0.2) is 4.98 Å². The molecule has 1 saturated heterocycles. The summed E-state index contributed by atoms with van der Waals surface area (Å²) in [6.45, 7) is 4.40. The SMILES string of the molecule is Cc1nc2cncc(N3CCN(C(=O)c4c[nH]c(C#N)c4)CC3)n2n1.